The standard InChI is InChI=1S/C35H57O12P/c1-20-8-10-26-22(3)28(40-30-34(26)24(20)12-16-32(5,42-30)44-46-34)14-18-38-48(36,37-7)39-19-15-29-23(4)27-11-9-21(2)25-13-17-33(6)43-31(41-29)35(25,27)47-45-33/h20-31H,8-19H2,1-7H3/t20-,21-,22-,23-,24+,25+,26+,27+,28-,29-,30-,31-,32+,33+,34-,35-/m1/s1. The van der Waals surface area contributed by atoms with E-state index in [0.29, 0.717) is 36.5 Å². The van der Waals surface area contributed by atoms with Crippen molar-refractivity contribution < 1.29 is 56.6 Å². The molecule has 10 aliphatic rings. The molecule has 48 heavy (non-hydrogen) atoms. The number of phosphoric ester groups is 1. The third-order valence-electron chi connectivity index (χ3n) is 14.1. The van der Waals surface area contributed by atoms with Gasteiger partial charge < -0.3 is 18.9 Å². The molecule has 0 aromatic rings. The molecule has 8 aliphatic heterocycles. The number of fused-ring (bicyclic) bond motifs is 4. The van der Waals surface area contributed by atoms with Crippen LogP contribution in [0.1, 0.15) is 106 Å². The van der Waals surface area contributed by atoms with Crippen molar-refractivity contribution in [1.29, 1.82) is 0 Å². The van der Waals surface area contributed by atoms with Crippen LogP contribution in [0.15, 0.2) is 0 Å². The molecular weight excluding hydrogens is 643 g/mol. The molecule has 10 rings (SSSR count). The fourth-order valence-corrected chi connectivity index (χ4v) is 12.3. The van der Waals surface area contributed by atoms with Gasteiger partial charge in [-0.3, -0.25) is 13.6 Å². The molecule has 12 nitrogen and oxygen atoms in total. The first-order valence-electron chi connectivity index (χ1n) is 18.7. The molecule has 2 spiro atoms. The normalized spacial score (nSPS) is 54.2. The first kappa shape index (κ1) is 34.9. The molecule has 0 radical (unpaired) electrons. The molecule has 0 unspecified atom stereocenters. The van der Waals surface area contributed by atoms with Crippen LogP contribution in [0.4, 0.5) is 0 Å². The number of phosphoric acid groups is 1. The van der Waals surface area contributed by atoms with Crippen molar-refractivity contribution in [2.24, 2.45) is 47.3 Å². The maximum absolute atomic E-state index is 13.6. The molecule has 10 fully saturated rings. The predicted octanol–water partition coefficient (Wildman–Crippen LogP) is 7.06. The first-order chi connectivity index (χ1) is 22.9. The van der Waals surface area contributed by atoms with E-state index < -0.39 is 43.2 Å². The number of hydrogen-bond donors (Lipinski definition) is 0. The molecule has 0 amide bonds. The predicted molar refractivity (Wildman–Crippen MR) is 169 cm³/mol. The van der Waals surface area contributed by atoms with E-state index in [4.69, 9.17) is 52.1 Å². The van der Waals surface area contributed by atoms with Crippen LogP contribution in [0.3, 0.4) is 0 Å². The van der Waals surface area contributed by atoms with Gasteiger partial charge in [0.2, 0.25) is 11.6 Å². The van der Waals surface area contributed by atoms with E-state index >= 15 is 0 Å². The van der Waals surface area contributed by atoms with E-state index in [-0.39, 0.29) is 49.1 Å². The number of ether oxygens (including phenoxy) is 4. The third-order valence-corrected chi connectivity index (χ3v) is 15.6. The molecule has 0 aromatic carbocycles. The molecule has 8 saturated heterocycles. The summed E-state index contributed by atoms with van der Waals surface area (Å²) in [6.45, 7) is 13.2. The van der Waals surface area contributed by atoms with Gasteiger partial charge in [0.25, 0.3) is 0 Å². The summed E-state index contributed by atoms with van der Waals surface area (Å²) in [6, 6.07) is 0. The van der Waals surface area contributed by atoms with Crippen molar-refractivity contribution in [3.63, 3.8) is 0 Å². The Hall–Kier alpha value is -0.210. The average Bonchev–Trinajstić information content (AvgIpc) is 3.43. The quantitative estimate of drug-likeness (QED) is 0.181. The number of hydrogen-bond acceptors (Lipinski definition) is 12. The third kappa shape index (κ3) is 5.37. The van der Waals surface area contributed by atoms with Crippen LogP contribution >= 0.6 is 7.82 Å². The van der Waals surface area contributed by atoms with Crippen molar-refractivity contribution in [3.05, 3.63) is 0 Å². The minimum absolute atomic E-state index is 0.160. The second-order valence-electron chi connectivity index (χ2n) is 16.8. The monoisotopic (exact) mass is 700 g/mol. The van der Waals surface area contributed by atoms with E-state index in [0.717, 1.165) is 51.4 Å². The fraction of sp³-hybridized carbons (Fsp3) is 1.00. The second kappa shape index (κ2) is 12.4. The van der Waals surface area contributed by atoms with Crippen LogP contribution in [0, 0.1) is 47.3 Å². The van der Waals surface area contributed by atoms with E-state index in [1.807, 2.05) is 13.8 Å². The number of rotatable bonds is 9. The van der Waals surface area contributed by atoms with Gasteiger partial charge in [-0.1, -0.05) is 27.7 Å². The average molecular weight is 701 g/mol. The van der Waals surface area contributed by atoms with Gasteiger partial charge in [-0.2, -0.15) is 0 Å². The smallest absolute Gasteiger partial charge is 0.346 e. The highest BCUT2D eigenvalue weighted by Gasteiger charge is 2.70. The zero-order valence-corrected chi connectivity index (χ0v) is 30.7. The summed E-state index contributed by atoms with van der Waals surface area (Å²) in [5, 5.41) is 0. The van der Waals surface area contributed by atoms with Crippen LogP contribution in [0.2, 0.25) is 0 Å². The summed E-state index contributed by atoms with van der Waals surface area (Å²) >= 11 is 0. The summed E-state index contributed by atoms with van der Waals surface area (Å²) in [7, 11) is -2.45. The van der Waals surface area contributed by atoms with E-state index in [1.165, 1.54) is 7.11 Å². The Kier molecular flexibility index (Phi) is 9.04. The lowest BCUT2D eigenvalue weighted by molar-refractivity contribution is -0.571. The Morgan fingerprint density at radius 2 is 1.06 bits per heavy atom. The molecule has 16 atom stereocenters. The van der Waals surface area contributed by atoms with Gasteiger partial charge in [0, 0.05) is 31.8 Å². The molecule has 2 saturated carbocycles. The van der Waals surface area contributed by atoms with Crippen LogP contribution in [0.25, 0.3) is 0 Å². The Bertz CT molecular complexity index is 1170. The lowest BCUT2D eigenvalue weighted by Crippen LogP contribution is -2.70. The summed E-state index contributed by atoms with van der Waals surface area (Å²) < 4.78 is 57.0. The topological polar surface area (TPSA) is 119 Å². The molecule has 0 N–H and O–H groups in total. The van der Waals surface area contributed by atoms with E-state index in [2.05, 4.69) is 27.7 Å². The Balaban J connectivity index is 0.882. The lowest BCUT2D eigenvalue weighted by atomic mass is 9.57. The molecule has 0 aromatic heterocycles. The van der Waals surface area contributed by atoms with Crippen molar-refractivity contribution in [3.8, 4) is 0 Å². The zero-order chi connectivity index (χ0) is 33.7. The van der Waals surface area contributed by atoms with Crippen LogP contribution < -0.4 is 0 Å². The first-order valence-corrected chi connectivity index (χ1v) is 20.2. The zero-order valence-electron chi connectivity index (χ0n) is 29.8. The van der Waals surface area contributed by atoms with Gasteiger partial charge in [0.05, 0.1) is 25.4 Å². The molecule has 274 valence electrons. The Morgan fingerprint density at radius 1 is 0.625 bits per heavy atom. The minimum Gasteiger partial charge on any atom is -0.346 e. The SMILES string of the molecule is COP(=O)(OCC[C@H]1O[C@@H]2O[C@]3(C)CC[C@H]4[C@H](C)CC[C@@H]([C@H]1C)[C@@]24OO3)OCC[C@H]1O[C@@H]2O[C@]3(C)CC[C@H]4[C@H](C)CC[C@@H]([C@H]1C)[C@@]24OO3. The summed E-state index contributed by atoms with van der Waals surface area (Å²) in [5.74, 6) is 0.775. The van der Waals surface area contributed by atoms with Gasteiger partial charge in [0.1, 0.15) is 0 Å². The summed E-state index contributed by atoms with van der Waals surface area (Å²) in [5.41, 5.74) is -1.22. The summed E-state index contributed by atoms with van der Waals surface area (Å²) in [6.07, 6.45) is 7.53. The van der Waals surface area contributed by atoms with Gasteiger partial charge in [0.15, 0.2) is 23.8 Å². The Labute approximate surface area is 285 Å². The van der Waals surface area contributed by atoms with Gasteiger partial charge in [-0.15, -0.1) is 0 Å². The minimum atomic E-state index is -3.81. The van der Waals surface area contributed by atoms with E-state index in [1.54, 1.807) is 0 Å². The van der Waals surface area contributed by atoms with Gasteiger partial charge in [-0.05, 0) is 101 Å². The lowest BCUT2D eigenvalue weighted by Gasteiger charge is -2.60. The molecule has 8 heterocycles. The highest BCUT2D eigenvalue weighted by molar-refractivity contribution is 7.48. The summed E-state index contributed by atoms with van der Waals surface area (Å²) in [4.78, 5) is 24.4. The van der Waals surface area contributed by atoms with Crippen LogP contribution in [-0.4, -0.2) is 67.9 Å². The highest BCUT2D eigenvalue weighted by atomic mass is 31.2. The van der Waals surface area contributed by atoms with Crippen molar-refractivity contribution in [1.82, 2.24) is 0 Å². The molecular formula is C35H57O12P. The fourth-order valence-electron chi connectivity index (χ4n) is 11.3. The van der Waals surface area contributed by atoms with Crippen molar-refractivity contribution in [2.45, 2.75) is 153 Å². The maximum atomic E-state index is 13.6. The second-order valence-corrected chi connectivity index (χ2v) is 18.5. The van der Waals surface area contributed by atoms with Crippen LogP contribution in [0.5, 0.6) is 0 Å². The van der Waals surface area contributed by atoms with Gasteiger partial charge in [-0.25, -0.2) is 24.1 Å². The maximum Gasteiger partial charge on any atom is 0.474 e. The van der Waals surface area contributed by atoms with Crippen molar-refractivity contribution in [2.75, 3.05) is 20.3 Å². The molecule has 2 aliphatic carbocycles. The van der Waals surface area contributed by atoms with E-state index in [9.17, 15) is 4.57 Å². The largest absolute Gasteiger partial charge is 0.474 e. The van der Waals surface area contributed by atoms with Crippen LogP contribution in [-0.2, 0) is 56.6 Å². The highest BCUT2D eigenvalue weighted by Crippen LogP contribution is 2.62. The Morgan fingerprint density at radius 3 is 1.48 bits per heavy atom. The molecule has 4 bridgehead atoms. The van der Waals surface area contributed by atoms with Gasteiger partial charge >= 0.3 is 7.82 Å². The van der Waals surface area contributed by atoms with Crippen molar-refractivity contribution >= 4 is 7.82 Å². The molecule has 13 heteroatoms.